The van der Waals surface area contributed by atoms with Crippen LogP contribution in [-0.2, 0) is 6.61 Å². The zero-order valence-electron chi connectivity index (χ0n) is 12.6. The standard InChI is InChI=1S/C18H14N2O4/c21-14-10-15(18(22)20-17-8-4-5-9-19-17)24-12-16(14)23-11-13-6-2-1-3-7-13/h1-10,12H,11H2,(H,19,20,22). The van der Waals surface area contributed by atoms with Crippen LogP contribution in [0.2, 0.25) is 0 Å². The third-order valence-corrected chi connectivity index (χ3v) is 3.17. The molecule has 0 spiro atoms. The Bertz CT molecular complexity index is 876. The van der Waals surface area contributed by atoms with Crippen LogP contribution < -0.4 is 15.5 Å². The first-order valence-corrected chi connectivity index (χ1v) is 7.24. The SMILES string of the molecule is O=C(Nc1ccccn1)c1cc(=O)c(OCc2ccccc2)co1. The molecule has 0 aliphatic carbocycles. The van der Waals surface area contributed by atoms with E-state index in [1.165, 1.54) is 0 Å². The normalized spacial score (nSPS) is 10.2. The Morgan fingerprint density at radius 2 is 1.92 bits per heavy atom. The summed E-state index contributed by atoms with van der Waals surface area (Å²) in [5.41, 5.74) is 0.497. The summed E-state index contributed by atoms with van der Waals surface area (Å²) in [7, 11) is 0. The molecule has 1 aromatic carbocycles. The van der Waals surface area contributed by atoms with Crippen LogP contribution in [0.3, 0.4) is 0 Å². The number of pyridine rings is 1. The maximum atomic E-state index is 12.0. The lowest BCUT2D eigenvalue weighted by atomic mass is 10.2. The van der Waals surface area contributed by atoms with Gasteiger partial charge in [0.1, 0.15) is 18.7 Å². The number of aromatic nitrogens is 1. The molecule has 0 fully saturated rings. The summed E-state index contributed by atoms with van der Waals surface area (Å²) >= 11 is 0. The lowest BCUT2D eigenvalue weighted by molar-refractivity contribution is 0.0993. The molecule has 120 valence electrons. The quantitative estimate of drug-likeness (QED) is 0.781. The number of anilines is 1. The van der Waals surface area contributed by atoms with Crippen molar-refractivity contribution in [1.82, 2.24) is 4.98 Å². The largest absolute Gasteiger partial charge is 0.482 e. The summed E-state index contributed by atoms with van der Waals surface area (Å²) in [6.45, 7) is 0.241. The van der Waals surface area contributed by atoms with Crippen molar-refractivity contribution in [2.24, 2.45) is 0 Å². The number of nitrogens with one attached hydrogen (secondary N) is 1. The van der Waals surface area contributed by atoms with Gasteiger partial charge in [0.15, 0.2) is 5.76 Å². The minimum absolute atomic E-state index is 0.0493. The predicted molar refractivity (Wildman–Crippen MR) is 87.9 cm³/mol. The summed E-state index contributed by atoms with van der Waals surface area (Å²) in [5.74, 6) is -0.249. The van der Waals surface area contributed by atoms with Gasteiger partial charge in [-0.15, -0.1) is 0 Å². The Hall–Kier alpha value is -3.41. The number of carbonyl (C=O) groups excluding carboxylic acids is 1. The molecule has 2 aromatic heterocycles. The number of carbonyl (C=O) groups is 1. The second kappa shape index (κ2) is 7.23. The molecule has 3 rings (SSSR count). The van der Waals surface area contributed by atoms with Crippen LogP contribution in [0.4, 0.5) is 5.82 Å². The first-order chi connectivity index (χ1) is 11.7. The van der Waals surface area contributed by atoms with Gasteiger partial charge < -0.3 is 14.5 Å². The van der Waals surface area contributed by atoms with Crippen molar-refractivity contribution >= 4 is 11.7 Å². The molecule has 0 bridgehead atoms. The summed E-state index contributed by atoms with van der Waals surface area (Å²) < 4.78 is 10.6. The minimum Gasteiger partial charge on any atom is -0.482 e. The fourth-order valence-corrected chi connectivity index (χ4v) is 1.97. The Morgan fingerprint density at radius 3 is 2.62 bits per heavy atom. The van der Waals surface area contributed by atoms with Crippen LogP contribution in [0.1, 0.15) is 16.1 Å². The highest BCUT2D eigenvalue weighted by Crippen LogP contribution is 2.10. The Balaban J connectivity index is 1.68. The molecule has 0 aliphatic heterocycles. The van der Waals surface area contributed by atoms with Gasteiger partial charge >= 0.3 is 0 Å². The molecule has 0 aliphatic rings. The maximum absolute atomic E-state index is 12.0. The number of amides is 1. The minimum atomic E-state index is -0.555. The van der Waals surface area contributed by atoms with Crippen LogP contribution >= 0.6 is 0 Å². The molecule has 0 saturated carbocycles. The van der Waals surface area contributed by atoms with Gasteiger partial charge in [-0.25, -0.2) is 4.98 Å². The highest BCUT2D eigenvalue weighted by atomic mass is 16.5. The third-order valence-electron chi connectivity index (χ3n) is 3.17. The van der Waals surface area contributed by atoms with Crippen LogP contribution in [0.25, 0.3) is 0 Å². The van der Waals surface area contributed by atoms with E-state index >= 15 is 0 Å². The maximum Gasteiger partial charge on any atom is 0.292 e. The lowest BCUT2D eigenvalue weighted by Crippen LogP contribution is -2.16. The molecule has 24 heavy (non-hydrogen) atoms. The van der Waals surface area contributed by atoms with Gasteiger partial charge in [0.25, 0.3) is 5.91 Å². The Morgan fingerprint density at radius 1 is 1.12 bits per heavy atom. The van der Waals surface area contributed by atoms with E-state index < -0.39 is 11.3 Å². The lowest BCUT2D eigenvalue weighted by Gasteiger charge is -2.06. The molecule has 0 radical (unpaired) electrons. The van der Waals surface area contributed by atoms with E-state index in [0.29, 0.717) is 5.82 Å². The number of hydrogen-bond donors (Lipinski definition) is 1. The molecule has 0 atom stereocenters. The van der Waals surface area contributed by atoms with Crippen LogP contribution in [0, 0.1) is 0 Å². The fraction of sp³-hybridized carbons (Fsp3) is 0.0556. The van der Waals surface area contributed by atoms with Crippen molar-refractivity contribution in [3.63, 3.8) is 0 Å². The summed E-state index contributed by atoms with van der Waals surface area (Å²) in [6.07, 6.45) is 2.69. The summed E-state index contributed by atoms with van der Waals surface area (Å²) in [4.78, 5) is 28.0. The first kappa shape index (κ1) is 15.5. The number of benzene rings is 1. The number of rotatable bonds is 5. The highest BCUT2D eigenvalue weighted by Gasteiger charge is 2.12. The van der Waals surface area contributed by atoms with Gasteiger partial charge in [0, 0.05) is 12.3 Å². The van der Waals surface area contributed by atoms with Gasteiger partial charge in [-0.1, -0.05) is 36.4 Å². The van der Waals surface area contributed by atoms with Crippen LogP contribution in [0.15, 0.2) is 76.3 Å². The second-order valence-corrected chi connectivity index (χ2v) is 4.92. The third kappa shape index (κ3) is 3.86. The van der Waals surface area contributed by atoms with E-state index in [4.69, 9.17) is 9.15 Å². The number of hydrogen-bond acceptors (Lipinski definition) is 5. The van der Waals surface area contributed by atoms with Crippen molar-refractivity contribution in [2.75, 3.05) is 5.32 Å². The average Bonchev–Trinajstić information content (AvgIpc) is 2.62. The molecule has 1 N–H and O–H groups in total. The first-order valence-electron chi connectivity index (χ1n) is 7.24. The van der Waals surface area contributed by atoms with E-state index in [2.05, 4.69) is 10.3 Å². The van der Waals surface area contributed by atoms with E-state index in [9.17, 15) is 9.59 Å². The van der Waals surface area contributed by atoms with E-state index in [0.717, 1.165) is 17.9 Å². The van der Waals surface area contributed by atoms with Crippen molar-refractivity contribution in [2.45, 2.75) is 6.61 Å². The van der Waals surface area contributed by atoms with Crippen LogP contribution in [0.5, 0.6) is 5.75 Å². The van der Waals surface area contributed by atoms with E-state index in [1.54, 1.807) is 24.4 Å². The van der Waals surface area contributed by atoms with Gasteiger partial charge in [0.05, 0.1) is 0 Å². The van der Waals surface area contributed by atoms with Gasteiger partial charge in [-0.2, -0.15) is 0 Å². The van der Waals surface area contributed by atoms with Crippen molar-refractivity contribution in [3.8, 4) is 5.75 Å². The molecule has 3 aromatic rings. The van der Waals surface area contributed by atoms with Gasteiger partial charge in [0.2, 0.25) is 11.2 Å². The zero-order valence-corrected chi connectivity index (χ0v) is 12.6. The average molecular weight is 322 g/mol. The van der Waals surface area contributed by atoms with E-state index in [-0.39, 0.29) is 18.1 Å². The molecule has 2 heterocycles. The molecule has 0 saturated heterocycles. The zero-order chi connectivity index (χ0) is 16.8. The highest BCUT2D eigenvalue weighted by molar-refractivity contribution is 6.01. The number of nitrogens with zero attached hydrogens (tertiary/aromatic N) is 1. The summed E-state index contributed by atoms with van der Waals surface area (Å²) in [5, 5.41) is 2.54. The second-order valence-electron chi connectivity index (χ2n) is 4.92. The molecular formula is C18H14N2O4. The molecule has 1 amide bonds. The Labute approximate surface area is 137 Å². The van der Waals surface area contributed by atoms with Crippen LogP contribution in [-0.4, -0.2) is 10.9 Å². The van der Waals surface area contributed by atoms with Crippen molar-refractivity contribution in [3.05, 3.63) is 88.6 Å². The fourth-order valence-electron chi connectivity index (χ4n) is 1.97. The predicted octanol–water partition coefficient (Wildman–Crippen LogP) is 2.87. The smallest absolute Gasteiger partial charge is 0.292 e. The Kier molecular flexibility index (Phi) is 4.67. The number of ether oxygens (including phenoxy) is 1. The van der Waals surface area contributed by atoms with Gasteiger partial charge in [-0.3, -0.25) is 9.59 Å². The molecule has 0 unspecified atom stereocenters. The van der Waals surface area contributed by atoms with E-state index in [1.807, 2.05) is 30.3 Å². The van der Waals surface area contributed by atoms with Crippen molar-refractivity contribution < 1.29 is 13.9 Å². The van der Waals surface area contributed by atoms with Crippen molar-refractivity contribution in [1.29, 1.82) is 0 Å². The summed E-state index contributed by atoms with van der Waals surface area (Å²) in [6, 6.07) is 15.6. The molecule has 6 nitrogen and oxygen atoms in total. The topological polar surface area (TPSA) is 81.4 Å². The molecular weight excluding hydrogens is 308 g/mol. The van der Waals surface area contributed by atoms with Gasteiger partial charge in [-0.05, 0) is 17.7 Å². The molecule has 6 heteroatoms. The monoisotopic (exact) mass is 322 g/mol.